The predicted octanol–water partition coefficient (Wildman–Crippen LogP) is 1.85. The topological polar surface area (TPSA) is 59.0 Å². The highest BCUT2D eigenvalue weighted by atomic mass is 16.7. The zero-order valence-electron chi connectivity index (χ0n) is 11.5. The van der Waals surface area contributed by atoms with Gasteiger partial charge in [0, 0.05) is 25.4 Å². The zero-order chi connectivity index (χ0) is 14.2. The van der Waals surface area contributed by atoms with Crippen LogP contribution in [0.15, 0.2) is 24.3 Å². The van der Waals surface area contributed by atoms with Crippen LogP contribution in [0.1, 0.15) is 17.5 Å². The maximum absolute atomic E-state index is 11.1. The summed E-state index contributed by atoms with van der Waals surface area (Å²) in [6.45, 7) is 1.72. The number of rotatable bonds is 4. The number of amides is 1. The number of nitrogens with zero attached hydrogens (tertiary/aromatic N) is 1. The van der Waals surface area contributed by atoms with Crippen molar-refractivity contribution >= 4 is 6.09 Å². The summed E-state index contributed by atoms with van der Waals surface area (Å²) in [5.74, 6) is 0. The summed E-state index contributed by atoms with van der Waals surface area (Å²) in [4.78, 5) is 12.5. The molecule has 1 aromatic rings. The van der Waals surface area contributed by atoms with Crippen molar-refractivity contribution in [2.45, 2.75) is 24.5 Å². The second-order valence-electron chi connectivity index (χ2n) is 5.63. The van der Waals surface area contributed by atoms with E-state index in [2.05, 4.69) is 12.1 Å². The summed E-state index contributed by atoms with van der Waals surface area (Å²) in [7, 11) is 1.61. The number of fused-ring (bicyclic) bond motifs is 1. The first-order valence-corrected chi connectivity index (χ1v) is 6.86. The van der Waals surface area contributed by atoms with Crippen molar-refractivity contribution in [3.8, 4) is 0 Å². The second kappa shape index (κ2) is 5.07. The van der Waals surface area contributed by atoms with Crippen LogP contribution in [0.3, 0.4) is 0 Å². The molecule has 1 amide bonds. The van der Waals surface area contributed by atoms with Gasteiger partial charge in [-0.25, -0.2) is 4.79 Å². The van der Waals surface area contributed by atoms with Gasteiger partial charge in [0.1, 0.15) is 0 Å². The molecule has 1 heterocycles. The lowest BCUT2D eigenvalue weighted by Crippen LogP contribution is -2.50. The minimum atomic E-state index is -0.901. The molecule has 1 N–H and O–H groups in total. The van der Waals surface area contributed by atoms with Gasteiger partial charge in [0.25, 0.3) is 0 Å². The average molecular weight is 277 g/mol. The van der Waals surface area contributed by atoms with Gasteiger partial charge in [-0.05, 0) is 17.5 Å². The Morgan fingerprint density at radius 3 is 2.75 bits per heavy atom. The lowest BCUT2D eigenvalue weighted by atomic mass is 9.61. The van der Waals surface area contributed by atoms with Crippen LogP contribution in [0.2, 0.25) is 0 Å². The Balaban J connectivity index is 1.83. The van der Waals surface area contributed by atoms with Crippen LogP contribution in [0.25, 0.3) is 0 Å². The number of carbonyl (C=O) groups is 1. The van der Waals surface area contributed by atoms with Crippen molar-refractivity contribution in [3.63, 3.8) is 0 Å². The van der Waals surface area contributed by atoms with Crippen LogP contribution in [-0.2, 0) is 21.3 Å². The van der Waals surface area contributed by atoms with E-state index in [0.717, 1.165) is 6.42 Å². The Labute approximate surface area is 118 Å². The van der Waals surface area contributed by atoms with Gasteiger partial charge in [-0.3, -0.25) is 0 Å². The number of hydrogen-bond donors (Lipinski definition) is 1. The van der Waals surface area contributed by atoms with E-state index in [1.165, 1.54) is 16.0 Å². The average Bonchev–Trinajstić information content (AvgIpc) is 2.90. The quantitative estimate of drug-likeness (QED) is 0.912. The fourth-order valence-electron chi connectivity index (χ4n) is 3.30. The molecule has 0 saturated carbocycles. The molecule has 20 heavy (non-hydrogen) atoms. The maximum Gasteiger partial charge on any atom is 0.407 e. The van der Waals surface area contributed by atoms with Gasteiger partial charge in [-0.2, -0.15) is 0 Å². The van der Waals surface area contributed by atoms with Crippen molar-refractivity contribution in [3.05, 3.63) is 35.4 Å². The van der Waals surface area contributed by atoms with Gasteiger partial charge in [-0.15, -0.1) is 0 Å². The fourth-order valence-corrected chi connectivity index (χ4v) is 3.30. The van der Waals surface area contributed by atoms with E-state index in [4.69, 9.17) is 14.6 Å². The summed E-state index contributed by atoms with van der Waals surface area (Å²) in [5.41, 5.74) is 2.34. The normalized spacial score (nSPS) is 25.1. The molecule has 2 aliphatic rings. The Hall–Kier alpha value is -1.59. The minimum absolute atomic E-state index is 0.182. The third-order valence-corrected chi connectivity index (χ3v) is 4.23. The van der Waals surface area contributed by atoms with E-state index < -0.39 is 6.09 Å². The van der Waals surface area contributed by atoms with Gasteiger partial charge >= 0.3 is 6.09 Å². The minimum Gasteiger partial charge on any atom is -0.465 e. The van der Waals surface area contributed by atoms with Crippen LogP contribution in [-0.4, -0.2) is 49.2 Å². The highest BCUT2D eigenvalue weighted by Gasteiger charge is 2.46. The Morgan fingerprint density at radius 1 is 1.40 bits per heavy atom. The smallest absolute Gasteiger partial charge is 0.407 e. The third-order valence-electron chi connectivity index (χ3n) is 4.23. The van der Waals surface area contributed by atoms with Gasteiger partial charge < -0.3 is 19.5 Å². The van der Waals surface area contributed by atoms with Crippen LogP contribution in [0, 0.1) is 0 Å². The standard InChI is InChI=1S/C15H19NO4/c1-16(14(17)18)10-15(9-13-19-6-7-20-13)8-11-4-2-3-5-12(11)15/h2-5,13H,6-10H2,1H3,(H,17,18). The molecule has 3 rings (SSSR count). The predicted molar refractivity (Wildman–Crippen MR) is 72.8 cm³/mol. The number of ether oxygens (including phenoxy) is 2. The highest BCUT2D eigenvalue weighted by molar-refractivity contribution is 5.65. The second-order valence-corrected chi connectivity index (χ2v) is 5.63. The van der Waals surface area contributed by atoms with Gasteiger partial charge in [0.05, 0.1) is 13.2 Å². The molecule has 1 atom stereocenters. The van der Waals surface area contributed by atoms with E-state index in [1.54, 1.807) is 7.05 Å². The fraction of sp³-hybridized carbons (Fsp3) is 0.533. The number of hydrogen-bond acceptors (Lipinski definition) is 3. The molecular weight excluding hydrogens is 258 g/mol. The van der Waals surface area contributed by atoms with Crippen LogP contribution < -0.4 is 0 Å². The van der Waals surface area contributed by atoms with Crippen molar-refractivity contribution in [2.24, 2.45) is 0 Å². The monoisotopic (exact) mass is 277 g/mol. The van der Waals surface area contributed by atoms with E-state index in [-0.39, 0.29) is 11.7 Å². The molecule has 1 saturated heterocycles. The summed E-state index contributed by atoms with van der Waals surface area (Å²) < 4.78 is 11.1. The van der Waals surface area contributed by atoms with E-state index in [9.17, 15) is 4.79 Å². The first-order chi connectivity index (χ1) is 9.61. The molecule has 5 nitrogen and oxygen atoms in total. The number of benzene rings is 1. The van der Waals surface area contributed by atoms with Gasteiger partial charge in [-0.1, -0.05) is 24.3 Å². The molecule has 1 fully saturated rings. The van der Waals surface area contributed by atoms with E-state index in [0.29, 0.717) is 26.2 Å². The lowest BCUT2D eigenvalue weighted by molar-refractivity contribution is -0.0666. The van der Waals surface area contributed by atoms with Gasteiger partial charge in [0.15, 0.2) is 6.29 Å². The summed E-state index contributed by atoms with van der Waals surface area (Å²) >= 11 is 0. The first kappa shape index (κ1) is 13.4. The van der Waals surface area contributed by atoms with Gasteiger partial charge in [0.2, 0.25) is 0 Å². The van der Waals surface area contributed by atoms with Crippen molar-refractivity contribution in [1.82, 2.24) is 4.90 Å². The molecule has 108 valence electrons. The molecular formula is C15H19NO4. The molecule has 1 aromatic carbocycles. The largest absolute Gasteiger partial charge is 0.465 e. The van der Waals surface area contributed by atoms with Crippen LogP contribution in [0.4, 0.5) is 4.79 Å². The van der Waals surface area contributed by atoms with E-state index in [1.807, 2.05) is 12.1 Å². The Morgan fingerprint density at radius 2 is 2.10 bits per heavy atom. The molecule has 1 aliphatic carbocycles. The van der Waals surface area contributed by atoms with Crippen molar-refractivity contribution < 1.29 is 19.4 Å². The summed E-state index contributed by atoms with van der Waals surface area (Å²) in [5, 5.41) is 9.14. The molecule has 0 spiro atoms. The molecule has 1 unspecified atom stereocenters. The number of likely N-dealkylation sites (N-methyl/N-ethyl adjacent to an activating group) is 1. The summed E-state index contributed by atoms with van der Waals surface area (Å²) in [6.07, 6.45) is 0.471. The Kier molecular flexibility index (Phi) is 3.40. The molecule has 1 aliphatic heterocycles. The molecule has 5 heteroatoms. The number of carboxylic acid groups (broad SMARTS) is 1. The SMILES string of the molecule is CN(CC1(CC2OCCO2)Cc2ccccc21)C(=O)O. The van der Waals surface area contributed by atoms with Crippen molar-refractivity contribution in [2.75, 3.05) is 26.8 Å². The summed E-state index contributed by atoms with van der Waals surface area (Å²) in [6, 6.07) is 8.21. The molecule has 0 bridgehead atoms. The maximum atomic E-state index is 11.1. The third kappa shape index (κ3) is 2.27. The zero-order valence-corrected chi connectivity index (χ0v) is 11.5. The molecule has 0 aromatic heterocycles. The Bertz CT molecular complexity index is 512. The molecule has 0 radical (unpaired) electrons. The highest BCUT2D eigenvalue weighted by Crippen LogP contribution is 2.45. The van der Waals surface area contributed by atoms with E-state index >= 15 is 0 Å². The van der Waals surface area contributed by atoms with Crippen LogP contribution in [0.5, 0.6) is 0 Å². The van der Waals surface area contributed by atoms with Crippen LogP contribution >= 0.6 is 0 Å². The first-order valence-electron chi connectivity index (χ1n) is 6.86. The van der Waals surface area contributed by atoms with Crippen molar-refractivity contribution in [1.29, 1.82) is 0 Å². The lowest BCUT2D eigenvalue weighted by Gasteiger charge is -2.46.